The van der Waals surface area contributed by atoms with Gasteiger partial charge in [-0.2, -0.15) is 0 Å². The van der Waals surface area contributed by atoms with Crippen LogP contribution in [0.25, 0.3) is 0 Å². The van der Waals surface area contributed by atoms with Gasteiger partial charge in [-0.25, -0.2) is 0 Å². The molecule has 76 valence electrons. The van der Waals surface area contributed by atoms with E-state index in [9.17, 15) is 0 Å². The number of rotatable bonds is 3. The first kappa shape index (κ1) is 9.44. The van der Waals surface area contributed by atoms with E-state index in [1.807, 2.05) is 0 Å². The number of hydrogen-bond acceptors (Lipinski definition) is 3. The Morgan fingerprint density at radius 2 is 2.23 bits per heavy atom. The van der Waals surface area contributed by atoms with Crippen LogP contribution in [0.2, 0.25) is 0 Å². The standard InChI is InChI=1S/C10H19NO2/c11-9-1-2-10(5-9)13-7-8-3-4-12-6-8/h8-10H,1-7,11H2. The van der Waals surface area contributed by atoms with Crippen molar-refractivity contribution < 1.29 is 9.47 Å². The van der Waals surface area contributed by atoms with Gasteiger partial charge in [0.2, 0.25) is 0 Å². The molecule has 0 radical (unpaired) electrons. The second-order valence-corrected chi connectivity index (χ2v) is 4.26. The van der Waals surface area contributed by atoms with Gasteiger partial charge >= 0.3 is 0 Å². The SMILES string of the molecule is NC1CCC(OCC2CCOC2)C1. The lowest BCUT2D eigenvalue weighted by Gasteiger charge is -2.14. The summed E-state index contributed by atoms with van der Waals surface area (Å²) in [6.45, 7) is 2.67. The third kappa shape index (κ3) is 2.66. The maximum Gasteiger partial charge on any atom is 0.0590 e. The van der Waals surface area contributed by atoms with E-state index in [0.717, 1.165) is 39.1 Å². The number of ether oxygens (including phenoxy) is 2. The zero-order valence-electron chi connectivity index (χ0n) is 8.08. The summed E-state index contributed by atoms with van der Waals surface area (Å²) >= 11 is 0. The molecule has 1 heterocycles. The van der Waals surface area contributed by atoms with Gasteiger partial charge in [-0.1, -0.05) is 0 Å². The molecular formula is C10H19NO2. The van der Waals surface area contributed by atoms with E-state index in [1.165, 1.54) is 6.42 Å². The molecule has 1 saturated heterocycles. The Bertz CT molecular complexity index is 157. The average molecular weight is 185 g/mol. The second-order valence-electron chi connectivity index (χ2n) is 4.26. The Morgan fingerprint density at radius 1 is 1.31 bits per heavy atom. The Kier molecular flexibility index (Phi) is 3.19. The van der Waals surface area contributed by atoms with E-state index in [1.54, 1.807) is 0 Å². The first-order valence-corrected chi connectivity index (χ1v) is 5.29. The van der Waals surface area contributed by atoms with Crippen molar-refractivity contribution in [2.24, 2.45) is 11.7 Å². The molecule has 2 N–H and O–H groups in total. The molecule has 0 spiro atoms. The van der Waals surface area contributed by atoms with Gasteiger partial charge in [-0.05, 0) is 25.7 Å². The lowest BCUT2D eigenvalue weighted by molar-refractivity contribution is 0.0298. The highest BCUT2D eigenvalue weighted by Crippen LogP contribution is 2.22. The monoisotopic (exact) mass is 185 g/mol. The number of nitrogens with two attached hydrogens (primary N) is 1. The molecule has 0 aromatic carbocycles. The Morgan fingerprint density at radius 3 is 2.85 bits per heavy atom. The van der Waals surface area contributed by atoms with Gasteiger partial charge in [-0.15, -0.1) is 0 Å². The van der Waals surface area contributed by atoms with Gasteiger partial charge in [0.1, 0.15) is 0 Å². The van der Waals surface area contributed by atoms with Gasteiger partial charge in [0.25, 0.3) is 0 Å². The molecule has 0 aromatic heterocycles. The van der Waals surface area contributed by atoms with Crippen molar-refractivity contribution in [1.82, 2.24) is 0 Å². The molecule has 3 unspecified atom stereocenters. The maximum atomic E-state index is 5.80. The fraction of sp³-hybridized carbons (Fsp3) is 1.00. The van der Waals surface area contributed by atoms with Crippen LogP contribution in [-0.2, 0) is 9.47 Å². The molecule has 0 aromatic rings. The summed E-state index contributed by atoms with van der Waals surface area (Å²) in [6, 6.07) is 0.379. The Labute approximate surface area is 79.6 Å². The van der Waals surface area contributed by atoms with Gasteiger partial charge in [0.05, 0.1) is 19.3 Å². The van der Waals surface area contributed by atoms with Gasteiger partial charge in [0.15, 0.2) is 0 Å². The predicted molar refractivity (Wildman–Crippen MR) is 50.5 cm³/mol. The van der Waals surface area contributed by atoms with Crippen molar-refractivity contribution in [3.8, 4) is 0 Å². The maximum absolute atomic E-state index is 5.80. The predicted octanol–water partition coefficient (Wildman–Crippen LogP) is 0.919. The third-order valence-electron chi connectivity index (χ3n) is 3.02. The minimum Gasteiger partial charge on any atom is -0.381 e. The summed E-state index contributed by atoms with van der Waals surface area (Å²) in [7, 11) is 0. The van der Waals surface area contributed by atoms with Crippen molar-refractivity contribution in [2.75, 3.05) is 19.8 Å². The molecule has 1 saturated carbocycles. The van der Waals surface area contributed by atoms with E-state index in [-0.39, 0.29) is 0 Å². The van der Waals surface area contributed by atoms with Crippen LogP contribution in [0.3, 0.4) is 0 Å². The van der Waals surface area contributed by atoms with E-state index in [4.69, 9.17) is 15.2 Å². The van der Waals surface area contributed by atoms with Crippen molar-refractivity contribution >= 4 is 0 Å². The van der Waals surface area contributed by atoms with Crippen molar-refractivity contribution in [3.05, 3.63) is 0 Å². The van der Waals surface area contributed by atoms with Crippen LogP contribution >= 0.6 is 0 Å². The van der Waals surface area contributed by atoms with Gasteiger partial charge in [-0.3, -0.25) is 0 Å². The summed E-state index contributed by atoms with van der Waals surface area (Å²) < 4.78 is 11.1. The van der Waals surface area contributed by atoms with E-state index < -0.39 is 0 Å². The minimum atomic E-state index is 0.379. The molecule has 1 aliphatic heterocycles. The molecule has 3 atom stereocenters. The Hall–Kier alpha value is -0.120. The molecule has 2 rings (SSSR count). The lowest BCUT2D eigenvalue weighted by Crippen LogP contribution is -2.20. The molecule has 13 heavy (non-hydrogen) atoms. The summed E-state index contributed by atoms with van der Waals surface area (Å²) in [5.41, 5.74) is 5.80. The quantitative estimate of drug-likeness (QED) is 0.711. The summed E-state index contributed by atoms with van der Waals surface area (Å²) in [4.78, 5) is 0. The fourth-order valence-corrected chi connectivity index (χ4v) is 2.11. The van der Waals surface area contributed by atoms with Crippen LogP contribution < -0.4 is 5.73 Å². The first-order valence-electron chi connectivity index (χ1n) is 5.29. The fourth-order valence-electron chi connectivity index (χ4n) is 2.11. The van der Waals surface area contributed by atoms with Crippen molar-refractivity contribution in [2.45, 2.75) is 37.8 Å². The van der Waals surface area contributed by atoms with Crippen LogP contribution in [-0.4, -0.2) is 32.0 Å². The van der Waals surface area contributed by atoms with Crippen LogP contribution in [0.4, 0.5) is 0 Å². The smallest absolute Gasteiger partial charge is 0.0590 e. The highest BCUT2D eigenvalue weighted by Gasteiger charge is 2.24. The summed E-state index contributed by atoms with van der Waals surface area (Å²) in [5, 5.41) is 0. The van der Waals surface area contributed by atoms with E-state index >= 15 is 0 Å². The van der Waals surface area contributed by atoms with Crippen LogP contribution in [0.5, 0.6) is 0 Å². The zero-order chi connectivity index (χ0) is 9.10. The molecule has 0 bridgehead atoms. The van der Waals surface area contributed by atoms with Crippen LogP contribution in [0, 0.1) is 5.92 Å². The van der Waals surface area contributed by atoms with E-state index in [0.29, 0.717) is 18.1 Å². The molecule has 1 aliphatic carbocycles. The third-order valence-corrected chi connectivity index (χ3v) is 3.02. The minimum absolute atomic E-state index is 0.379. The summed E-state index contributed by atoms with van der Waals surface area (Å²) in [6.07, 6.45) is 4.92. The molecule has 2 fully saturated rings. The van der Waals surface area contributed by atoms with Crippen LogP contribution in [0.15, 0.2) is 0 Å². The van der Waals surface area contributed by atoms with Crippen LogP contribution in [0.1, 0.15) is 25.7 Å². The largest absolute Gasteiger partial charge is 0.381 e. The zero-order valence-corrected chi connectivity index (χ0v) is 8.08. The van der Waals surface area contributed by atoms with Gasteiger partial charge in [0, 0.05) is 18.6 Å². The molecular weight excluding hydrogens is 166 g/mol. The molecule has 3 nitrogen and oxygen atoms in total. The molecule has 0 amide bonds. The van der Waals surface area contributed by atoms with Gasteiger partial charge < -0.3 is 15.2 Å². The molecule has 2 aliphatic rings. The Balaban J connectivity index is 1.62. The van der Waals surface area contributed by atoms with Crippen molar-refractivity contribution in [1.29, 1.82) is 0 Å². The van der Waals surface area contributed by atoms with E-state index in [2.05, 4.69) is 0 Å². The lowest BCUT2D eigenvalue weighted by atomic mass is 10.1. The number of hydrogen-bond donors (Lipinski definition) is 1. The van der Waals surface area contributed by atoms with Crippen molar-refractivity contribution in [3.63, 3.8) is 0 Å². The highest BCUT2D eigenvalue weighted by atomic mass is 16.5. The second kappa shape index (κ2) is 4.40. The normalized spacial score (nSPS) is 39.9. The highest BCUT2D eigenvalue weighted by molar-refractivity contribution is 4.78. The summed E-state index contributed by atoms with van der Waals surface area (Å²) in [5.74, 6) is 0.636. The molecule has 3 heteroatoms. The average Bonchev–Trinajstić information content (AvgIpc) is 2.71. The first-order chi connectivity index (χ1) is 6.34. The topological polar surface area (TPSA) is 44.5 Å².